The molecule has 5 atom stereocenters. The SMILES string of the molecule is CCCC/C=C/CC1C(O)CC(O)C1CCC(O)CCC. The molecule has 0 aromatic rings. The number of hydrogen-bond acceptors (Lipinski definition) is 3. The Balaban J connectivity index is 2.43. The third-order valence-corrected chi connectivity index (χ3v) is 4.78. The summed E-state index contributed by atoms with van der Waals surface area (Å²) < 4.78 is 0. The summed E-state index contributed by atoms with van der Waals surface area (Å²) in [6.45, 7) is 4.25. The van der Waals surface area contributed by atoms with Crippen molar-refractivity contribution < 1.29 is 15.3 Å². The highest BCUT2D eigenvalue weighted by molar-refractivity contribution is 4.96. The Morgan fingerprint density at radius 1 is 1.00 bits per heavy atom. The molecule has 1 aliphatic rings. The summed E-state index contributed by atoms with van der Waals surface area (Å²) in [6.07, 6.45) is 11.5. The molecule has 21 heavy (non-hydrogen) atoms. The molecule has 0 saturated heterocycles. The van der Waals surface area contributed by atoms with Crippen molar-refractivity contribution in [2.24, 2.45) is 11.8 Å². The van der Waals surface area contributed by atoms with Crippen molar-refractivity contribution in [3.05, 3.63) is 12.2 Å². The van der Waals surface area contributed by atoms with Gasteiger partial charge in [0.15, 0.2) is 0 Å². The molecule has 0 spiro atoms. The summed E-state index contributed by atoms with van der Waals surface area (Å²) in [5, 5.41) is 30.2. The average Bonchev–Trinajstić information content (AvgIpc) is 2.71. The molecule has 124 valence electrons. The molecule has 3 N–H and O–H groups in total. The monoisotopic (exact) mass is 298 g/mol. The van der Waals surface area contributed by atoms with Gasteiger partial charge in [-0.3, -0.25) is 0 Å². The maximum atomic E-state index is 10.1. The third-order valence-electron chi connectivity index (χ3n) is 4.78. The first-order valence-electron chi connectivity index (χ1n) is 8.79. The minimum atomic E-state index is -0.414. The van der Waals surface area contributed by atoms with Crippen molar-refractivity contribution in [1.82, 2.24) is 0 Å². The normalized spacial score (nSPS) is 31.1. The number of rotatable bonds is 10. The summed E-state index contributed by atoms with van der Waals surface area (Å²) in [6, 6.07) is 0. The fourth-order valence-corrected chi connectivity index (χ4v) is 3.46. The number of hydrogen-bond donors (Lipinski definition) is 3. The van der Waals surface area contributed by atoms with Crippen LogP contribution in [0.1, 0.15) is 71.6 Å². The van der Waals surface area contributed by atoms with Gasteiger partial charge in [0, 0.05) is 0 Å². The van der Waals surface area contributed by atoms with Crippen LogP contribution in [-0.2, 0) is 0 Å². The highest BCUT2D eigenvalue weighted by Crippen LogP contribution is 2.38. The molecule has 1 aliphatic carbocycles. The maximum Gasteiger partial charge on any atom is 0.0599 e. The number of aliphatic hydroxyl groups excluding tert-OH is 3. The van der Waals surface area contributed by atoms with E-state index in [4.69, 9.17) is 0 Å². The van der Waals surface area contributed by atoms with Gasteiger partial charge in [0.2, 0.25) is 0 Å². The van der Waals surface area contributed by atoms with Gasteiger partial charge in [0.05, 0.1) is 18.3 Å². The van der Waals surface area contributed by atoms with E-state index >= 15 is 0 Å². The van der Waals surface area contributed by atoms with Crippen LogP contribution in [0.2, 0.25) is 0 Å². The molecule has 0 aromatic carbocycles. The average molecular weight is 298 g/mol. The second-order valence-electron chi connectivity index (χ2n) is 6.57. The van der Waals surface area contributed by atoms with Crippen LogP contribution in [0.3, 0.4) is 0 Å². The molecule has 0 heterocycles. The molecular formula is C18H34O3. The Bertz CT molecular complexity index is 290. The van der Waals surface area contributed by atoms with E-state index in [9.17, 15) is 15.3 Å². The first kappa shape index (κ1) is 18.7. The van der Waals surface area contributed by atoms with Crippen LogP contribution in [0.25, 0.3) is 0 Å². The van der Waals surface area contributed by atoms with Crippen LogP contribution < -0.4 is 0 Å². The van der Waals surface area contributed by atoms with E-state index in [-0.39, 0.29) is 17.9 Å². The lowest BCUT2D eigenvalue weighted by Crippen LogP contribution is -2.23. The largest absolute Gasteiger partial charge is 0.393 e. The Labute approximate surface area is 130 Å². The first-order chi connectivity index (χ1) is 10.1. The molecule has 1 fully saturated rings. The molecule has 0 aromatic heterocycles. The van der Waals surface area contributed by atoms with E-state index < -0.39 is 12.2 Å². The fraction of sp³-hybridized carbons (Fsp3) is 0.889. The smallest absolute Gasteiger partial charge is 0.0599 e. The highest BCUT2D eigenvalue weighted by atomic mass is 16.3. The van der Waals surface area contributed by atoms with Crippen LogP contribution >= 0.6 is 0 Å². The van der Waals surface area contributed by atoms with Crippen LogP contribution in [-0.4, -0.2) is 33.6 Å². The van der Waals surface area contributed by atoms with E-state index in [1.807, 2.05) is 0 Å². The molecule has 5 unspecified atom stereocenters. The van der Waals surface area contributed by atoms with Crippen molar-refractivity contribution >= 4 is 0 Å². The summed E-state index contributed by atoms with van der Waals surface area (Å²) in [7, 11) is 0. The number of unbranched alkanes of at least 4 members (excludes halogenated alkanes) is 2. The van der Waals surface area contributed by atoms with Gasteiger partial charge in [-0.25, -0.2) is 0 Å². The lowest BCUT2D eigenvalue weighted by atomic mass is 9.86. The Kier molecular flexibility index (Phi) is 9.21. The maximum absolute atomic E-state index is 10.1. The van der Waals surface area contributed by atoms with Crippen LogP contribution in [0.5, 0.6) is 0 Å². The lowest BCUT2D eigenvalue weighted by Gasteiger charge is -2.23. The number of aliphatic hydroxyl groups is 3. The number of allylic oxidation sites excluding steroid dienone is 2. The van der Waals surface area contributed by atoms with Crippen molar-refractivity contribution in [1.29, 1.82) is 0 Å². The zero-order chi connectivity index (χ0) is 15.7. The van der Waals surface area contributed by atoms with Gasteiger partial charge in [0.1, 0.15) is 0 Å². The predicted octanol–water partition coefficient (Wildman–Crippen LogP) is 3.42. The van der Waals surface area contributed by atoms with Gasteiger partial charge in [-0.15, -0.1) is 0 Å². The standard InChI is InChI=1S/C18H34O3/c1-3-5-6-7-8-10-15-16(18(21)13-17(15)20)12-11-14(19)9-4-2/h7-8,14-21H,3-6,9-13H2,1-2H3/b8-7+. The van der Waals surface area contributed by atoms with E-state index in [0.717, 1.165) is 38.5 Å². The zero-order valence-corrected chi connectivity index (χ0v) is 13.7. The molecule has 3 heteroatoms. The molecule has 1 saturated carbocycles. The Hall–Kier alpha value is -0.380. The molecular weight excluding hydrogens is 264 g/mol. The summed E-state index contributed by atoms with van der Waals surface area (Å²) in [5.41, 5.74) is 0. The van der Waals surface area contributed by atoms with E-state index in [1.54, 1.807) is 0 Å². The van der Waals surface area contributed by atoms with Crippen LogP contribution in [0.15, 0.2) is 12.2 Å². The second kappa shape index (κ2) is 10.4. The summed E-state index contributed by atoms with van der Waals surface area (Å²) >= 11 is 0. The quantitative estimate of drug-likeness (QED) is 0.428. The second-order valence-corrected chi connectivity index (χ2v) is 6.57. The van der Waals surface area contributed by atoms with Crippen LogP contribution in [0, 0.1) is 11.8 Å². The fourth-order valence-electron chi connectivity index (χ4n) is 3.46. The zero-order valence-electron chi connectivity index (χ0n) is 13.7. The molecule has 0 aliphatic heterocycles. The topological polar surface area (TPSA) is 60.7 Å². The van der Waals surface area contributed by atoms with Crippen molar-refractivity contribution in [2.75, 3.05) is 0 Å². The van der Waals surface area contributed by atoms with Gasteiger partial charge in [-0.2, -0.15) is 0 Å². The molecule has 1 rings (SSSR count). The summed E-state index contributed by atoms with van der Waals surface area (Å²) in [4.78, 5) is 0. The molecule has 3 nitrogen and oxygen atoms in total. The highest BCUT2D eigenvalue weighted by Gasteiger charge is 2.40. The summed E-state index contributed by atoms with van der Waals surface area (Å²) in [5.74, 6) is 0.272. The third kappa shape index (κ3) is 6.50. The van der Waals surface area contributed by atoms with Gasteiger partial charge in [-0.1, -0.05) is 45.3 Å². The van der Waals surface area contributed by atoms with Crippen molar-refractivity contribution in [3.8, 4) is 0 Å². The van der Waals surface area contributed by atoms with Crippen LogP contribution in [0.4, 0.5) is 0 Å². The molecule has 0 radical (unpaired) electrons. The van der Waals surface area contributed by atoms with Gasteiger partial charge in [-0.05, 0) is 50.4 Å². The Morgan fingerprint density at radius 2 is 1.71 bits per heavy atom. The molecule has 0 bridgehead atoms. The van der Waals surface area contributed by atoms with E-state index in [0.29, 0.717) is 6.42 Å². The van der Waals surface area contributed by atoms with Crippen molar-refractivity contribution in [3.63, 3.8) is 0 Å². The minimum absolute atomic E-state index is 0.127. The van der Waals surface area contributed by atoms with E-state index in [2.05, 4.69) is 26.0 Å². The Morgan fingerprint density at radius 3 is 2.38 bits per heavy atom. The first-order valence-corrected chi connectivity index (χ1v) is 8.79. The minimum Gasteiger partial charge on any atom is -0.393 e. The lowest BCUT2D eigenvalue weighted by molar-refractivity contribution is 0.0854. The van der Waals surface area contributed by atoms with Crippen molar-refractivity contribution in [2.45, 2.75) is 89.9 Å². The van der Waals surface area contributed by atoms with Gasteiger partial charge in [0.25, 0.3) is 0 Å². The van der Waals surface area contributed by atoms with Gasteiger partial charge >= 0.3 is 0 Å². The molecule has 0 amide bonds. The van der Waals surface area contributed by atoms with Gasteiger partial charge < -0.3 is 15.3 Å². The predicted molar refractivity (Wildman–Crippen MR) is 87.0 cm³/mol. The van der Waals surface area contributed by atoms with E-state index in [1.165, 1.54) is 12.8 Å².